The molecule has 0 aliphatic carbocycles. The van der Waals surface area contributed by atoms with Crippen LogP contribution in [0, 0.1) is 17.0 Å². The summed E-state index contributed by atoms with van der Waals surface area (Å²) in [6, 6.07) is 8.79. The van der Waals surface area contributed by atoms with Crippen LogP contribution in [0.5, 0.6) is 5.75 Å². The van der Waals surface area contributed by atoms with Crippen LogP contribution < -0.4 is 0 Å². The Morgan fingerprint density at radius 1 is 1.23 bits per heavy atom. The molecular weight excluding hydrogens is 334 g/mol. The van der Waals surface area contributed by atoms with Crippen molar-refractivity contribution in [3.63, 3.8) is 0 Å². The fourth-order valence-corrected chi connectivity index (χ4v) is 3.03. The number of nitro groups is 1. The number of aromatic hydroxyl groups is 1. The number of nitrogens with zero attached hydrogens (tertiary/aromatic N) is 1. The highest BCUT2D eigenvalue weighted by molar-refractivity contribution is 6.17. The first-order valence-electron chi connectivity index (χ1n) is 8.46. The third-order valence-electron chi connectivity index (χ3n) is 4.36. The van der Waals surface area contributed by atoms with Gasteiger partial charge in [0.15, 0.2) is 5.78 Å². The first-order chi connectivity index (χ1) is 12.4. The van der Waals surface area contributed by atoms with Crippen LogP contribution in [0.25, 0.3) is 11.0 Å². The van der Waals surface area contributed by atoms with Crippen LogP contribution in [0.3, 0.4) is 0 Å². The van der Waals surface area contributed by atoms with Crippen molar-refractivity contribution < 1.29 is 19.2 Å². The number of aryl methyl sites for hydroxylation is 2. The number of rotatable bonds is 6. The van der Waals surface area contributed by atoms with Gasteiger partial charge in [0.2, 0.25) is 0 Å². The van der Waals surface area contributed by atoms with E-state index in [9.17, 15) is 20.0 Å². The maximum absolute atomic E-state index is 13.1. The van der Waals surface area contributed by atoms with E-state index in [1.165, 1.54) is 36.4 Å². The molecule has 0 saturated heterocycles. The Labute approximate surface area is 150 Å². The molecule has 0 saturated carbocycles. The number of phenols is 1. The van der Waals surface area contributed by atoms with Gasteiger partial charge in [0.05, 0.1) is 10.5 Å². The lowest BCUT2D eigenvalue weighted by molar-refractivity contribution is -0.384. The zero-order valence-electron chi connectivity index (χ0n) is 14.6. The highest BCUT2D eigenvalue weighted by Crippen LogP contribution is 2.34. The van der Waals surface area contributed by atoms with E-state index in [0.717, 1.165) is 12.8 Å². The number of carbonyl (C=O) groups excluding carboxylic acids is 1. The summed E-state index contributed by atoms with van der Waals surface area (Å²) in [4.78, 5) is 23.9. The second-order valence-corrected chi connectivity index (χ2v) is 6.28. The zero-order chi connectivity index (χ0) is 18.8. The molecule has 0 amide bonds. The van der Waals surface area contributed by atoms with E-state index >= 15 is 0 Å². The van der Waals surface area contributed by atoms with Gasteiger partial charge in [-0.05, 0) is 43.2 Å². The Hall–Kier alpha value is -3.15. The van der Waals surface area contributed by atoms with E-state index in [4.69, 9.17) is 4.42 Å². The van der Waals surface area contributed by atoms with Crippen molar-refractivity contribution in [3.05, 3.63) is 69.0 Å². The monoisotopic (exact) mass is 353 g/mol. The van der Waals surface area contributed by atoms with Crippen molar-refractivity contribution in [3.8, 4) is 5.75 Å². The number of ketones is 1. The minimum absolute atomic E-state index is 0.0660. The second-order valence-electron chi connectivity index (χ2n) is 6.28. The summed E-state index contributed by atoms with van der Waals surface area (Å²) < 4.78 is 5.94. The van der Waals surface area contributed by atoms with Crippen molar-refractivity contribution >= 4 is 22.4 Å². The molecule has 0 spiro atoms. The average Bonchev–Trinajstić information content (AvgIpc) is 2.98. The molecule has 1 N–H and O–H groups in total. The predicted octanol–water partition coefficient (Wildman–Crippen LogP) is 4.93. The Balaban J connectivity index is 2.23. The van der Waals surface area contributed by atoms with Crippen LogP contribution in [0.2, 0.25) is 0 Å². The summed E-state index contributed by atoms with van der Waals surface area (Å²) in [5.74, 6) is 0.342. The summed E-state index contributed by atoms with van der Waals surface area (Å²) in [5, 5.41) is 21.1. The molecule has 0 fully saturated rings. The van der Waals surface area contributed by atoms with Gasteiger partial charge in [0.25, 0.3) is 5.69 Å². The molecule has 6 nitrogen and oxygen atoms in total. The van der Waals surface area contributed by atoms with Crippen LogP contribution in [-0.4, -0.2) is 15.8 Å². The number of benzene rings is 2. The first-order valence-corrected chi connectivity index (χ1v) is 8.46. The van der Waals surface area contributed by atoms with Gasteiger partial charge >= 0.3 is 0 Å². The number of phenolic OH excluding ortho intramolecular Hbond substituents is 1. The second kappa shape index (κ2) is 7.00. The molecule has 3 rings (SSSR count). The van der Waals surface area contributed by atoms with E-state index in [0.29, 0.717) is 39.8 Å². The molecule has 0 bridgehead atoms. The van der Waals surface area contributed by atoms with E-state index < -0.39 is 4.92 Å². The fraction of sp³-hybridized carbons (Fsp3) is 0.250. The number of unbranched alkanes of at least 4 members (excludes halogenated alkanes) is 1. The molecule has 3 aromatic rings. The smallest absolute Gasteiger partial charge is 0.270 e. The van der Waals surface area contributed by atoms with Crippen molar-refractivity contribution in [2.45, 2.75) is 33.1 Å². The van der Waals surface area contributed by atoms with E-state index in [-0.39, 0.29) is 17.2 Å². The highest BCUT2D eigenvalue weighted by atomic mass is 16.6. The summed E-state index contributed by atoms with van der Waals surface area (Å²) in [5.41, 5.74) is 1.82. The molecule has 6 heteroatoms. The average molecular weight is 353 g/mol. The van der Waals surface area contributed by atoms with Crippen LogP contribution in [0.15, 0.2) is 40.8 Å². The predicted molar refractivity (Wildman–Crippen MR) is 97.8 cm³/mol. The standard InChI is InChI=1S/C20H19NO5/c1-3-4-5-17-18(19(23)13-6-8-15(22)9-7-13)16-11-14(21(24)25)10-12(2)20(16)26-17/h6-11,22H,3-5H2,1-2H3. The van der Waals surface area contributed by atoms with Gasteiger partial charge in [-0.1, -0.05) is 13.3 Å². The van der Waals surface area contributed by atoms with Crippen molar-refractivity contribution in [2.75, 3.05) is 0 Å². The lowest BCUT2D eigenvalue weighted by Gasteiger charge is -2.03. The molecule has 2 aromatic carbocycles. The molecular formula is C20H19NO5. The summed E-state index contributed by atoms with van der Waals surface area (Å²) in [6.45, 7) is 3.78. The van der Waals surface area contributed by atoms with Crippen LogP contribution in [0.1, 0.15) is 47.0 Å². The quantitative estimate of drug-likeness (QED) is 0.385. The van der Waals surface area contributed by atoms with Gasteiger partial charge < -0.3 is 9.52 Å². The van der Waals surface area contributed by atoms with Crippen molar-refractivity contribution in [1.82, 2.24) is 0 Å². The summed E-state index contributed by atoms with van der Waals surface area (Å²) in [6.07, 6.45) is 2.36. The fourth-order valence-electron chi connectivity index (χ4n) is 3.03. The Morgan fingerprint density at radius 2 is 1.92 bits per heavy atom. The highest BCUT2D eigenvalue weighted by Gasteiger charge is 2.25. The van der Waals surface area contributed by atoms with Gasteiger partial charge in [-0.3, -0.25) is 14.9 Å². The van der Waals surface area contributed by atoms with Crippen molar-refractivity contribution in [1.29, 1.82) is 0 Å². The summed E-state index contributed by atoms with van der Waals surface area (Å²) in [7, 11) is 0. The molecule has 0 aliphatic rings. The number of hydrogen-bond donors (Lipinski definition) is 1. The number of nitro benzene ring substituents is 1. The molecule has 0 unspecified atom stereocenters. The van der Waals surface area contributed by atoms with Crippen LogP contribution in [-0.2, 0) is 6.42 Å². The number of furan rings is 1. The van der Waals surface area contributed by atoms with E-state index in [1.54, 1.807) is 6.92 Å². The molecule has 1 aromatic heterocycles. The zero-order valence-corrected chi connectivity index (χ0v) is 14.6. The number of fused-ring (bicyclic) bond motifs is 1. The number of non-ortho nitro benzene ring substituents is 1. The summed E-state index contributed by atoms with van der Waals surface area (Å²) >= 11 is 0. The van der Waals surface area contributed by atoms with Gasteiger partial charge in [0, 0.05) is 29.5 Å². The molecule has 0 radical (unpaired) electrons. The van der Waals surface area contributed by atoms with E-state index in [1.807, 2.05) is 6.92 Å². The van der Waals surface area contributed by atoms with Gasteiger partial charge in [-0.25, -0.2) is 0 Å². The van der Waals surface area contributed by atoms with Crippen molar-refractivity contribution in [2.24, 2.45) is 0 Å². The van der Waals surface area contributed by atoms with Crippen LogP contribution >= 0.6 is 0 Å². The third-order valence-corrected chi connectivity index (χ3v) is 4.36. The lowest BCUT2D eigenvalue weighted by atomic mass is 9.97. The van der Waals surface area contributed by atoms with Gasteiger partial charge in [-0.2, -0.15) is 0 Å². The largest absolute Gasteiger partial charge is 0.508 e. The molecule has 0 aliphatic heterocycles. The first kappa shape index (κ1) is 17.7. The third kappa shape index (κ3) is 3.18. The minimum atomic E-state index is -0.472. The maximum Gasteiger partial charge on any atom is 0.270 e. The Bertz CT molecular complexity index is 986. The normalized spacial score (nSPS) is 11.0. The number of carbonyl (C=O) groups is 1. The lowest BCUT2D eigenvalue weighted by Crippen LogP contribution is -2.04. The SMILES string of the molecule is CCCCc1oc2c(C)cc([N+](=O)[O-])cc2c1C(=O)c1ccc(O)cc1. The Kier molecular flexibility index (Phi) is 4.75. The Morgan fingerprint density at radius 3 is 2.54 bits per heavy atom. The topological polar surface area (TPSA) is 93.6 Å². The van der Waals surface area contributed by atoms with Crippen LogP contribution in [0.4, 0.5) is 5.69 Å². The molecule has 1 heterocycles. The molecule has 0 atom stereocenters. The van der Waals surface area contributed by atoms with Gasteiger partial charge in [-0.15, -0.1) is 0 Å². The minimum Gasteiger partial charge on any atom is -0.508 e. The maximum atomic E-state index is 13.1. The molecule has 26 heavy (non-hydrogen) atoms. The van der Waals surface area contributed by atoms with E-state index in [2.05, 4.69) is 0 Å². The number of hydrogen-bond acceptors (Lipinski definition) is 5. The van der Waals surface area contributed by atoms with Gasteiger partial charge in [0.1, 0.15) is 17.1 Å². The molecule has 134 valence electrons.